The van der Waals surface area contributed by atoms with Crippen molar-refractivity contribution in [1.82, 2.24) is 5.43 Å². The third-order valence-corrected chi connectivity index (χ3v) is 3.43. The molecule has 0 fully saturated rings. The molecule has 6 heteroatoms. The highest BCUT2D eigenvalue weighted by atomic mass is 16.6. The highest BCUT2D eigenvalue weighted by Gasteiger charge is 2.03. The summed E-state index contributed by atoms with van der Waals surface area (Å²) in [5.41, 5.74) is 4.43. The third kappa shape index (κ3) is 7.17. The lowest BCUT2D eigenvalue weighted by Gasteiger charge is -2.05. The predicted molar refractivity (Wildman–Crippen MR) is 99.1 cm³/mol. The van der Waals surface area contributed by atoms with Crippen LogP contribution in [-0.2, 0) is 20.7 Å². The number of hydrogen-bond donors (Lipinski definition) is 1. The van der Waals surface area contributed by atoms with Crippen LogP contribution in [0.2, 0.25) is 0 Å². The van der Waals surface area contributed by atoms with Gasteiger partial charge in [0.15, 0.2) is 6.61 Å². The molecule has 0 atom stereocenters. The van der Waals surface area contributed by atoms with Crippen LogP contribution in [0.3, 0.4) is 0 Å². The number of ether oxygens (including phenoxy) is 2. The minimum absolute atomic E-state index is 0.126. The van der Waals surface area contributed by atoms with Crippen LogP contribution < -0.4 is 10.2 Å². The summed E-state index contributed by atoms with van der Waals surface area (Å²) in [6.45, 7) is 1.94. The molecule has 2 aromatic carbocycles. The van der Waals surface area contributed by atoms with Gasteiger partial charge in [-0.1, -0.05) is 30.3 Å². The zero-order valence-corrected chi connectivity index (χ0v) is 14.7. The SMILES string of the molecule is CCOC(=O)COc1ccc(/C=N\NC(=O)CCc2ccccc2)cc1. The Labute approximate surface area is 152 Å². The smallest absolute Gasteiger partial charge is 0.344 e. The van der Waals surface area contributed by atoms with Crippen LogP contribution in [0, 0.1) is 0 Å². The molecule has 0 heterocycles. The third-order valence-electron chi connectivity index (χ3n) is 3.43. The molecule has 0 radical (unpaired) electrons. The first-order chi connectivity index (χ1) is 12.7. The first-order valence-electron chi connectivity index (χ1n) is 8.41. The number of aryl methyl sites for hydroxylation is 1. The van der Waals surface area contributed by atoms with Crippen molar-refractivity contribution < 1.29 is 19.1 Å². The maximum Gasteiger partial charge on any atom is 0.344 e. The second-order valence-electron chi connectivity index (χ2n) is 5.44. The lowest BCUT2D eigenvalue weighted by Crippen LogP contribution is -2.17. The van der Waals surface area contributed by atoms with E-state index >= 15 is 0 Å². The van der Waals surface area contributed by atoms with Crippen LogP contribution >= 0.6 is 0 Å². The monoisotopic (exact) mass is 354 g/mol. The van der Waals surface area contributed by atoms with Gasteiger partial charge in [0.05, 0.1) is 12.8 Å². The van der Waals surface area contributed by atoms with E-state index in [-0.39, 0.29) is 12.5 Å². The van der Waals surface area contributed by atoms with Crippen LogP contribution in [-0.4, -0.2) is 31.3 Å². The zero-order valence-electron chi connectivity index (χ0n) is 14.7. The van der Waals surface area contributed by atoms with Crippen LogP contribution in [0.1, 0.15) is 24.5 Å². The fourth-order valence-electron chi connectivity index (χ4n) is 2.13. The van der Waals surface area contributed by atoms with Gasteiger partial charge in [-0.3, -0.25) is 4.79 Å². The van der Waals surface area contributed by atoms with Crippen molar-refractivity contribution in [2.75, 3.05) is 13.2 Å². The summed E-state index contributed by atoms with van der Waals surface area (Å²) in [7, 11) is 0. The number of hydrazone groups is 1. The maximum absolute atomic E-state index is 11.8. The maximum atomic E-state index is 11.8. The van der Waals surface area contributed by atoms with Crippen molar-refractivity contribution in [2.45, 2.75) is 19.8 Å². The van der Waals surface area contributed by atoms with E-state index < -0.39 is 5.97 Å². The second kappa shape index (κ2) is 10.7. The van der Waals surface area contributed by atoms with Gasteiger partial charge in [0.1, 0.15) is 5.75 Å². The van der Waals surface area contributed by atoms with E-state index in [1.807, 2.05) is 30.3 Å². The molecular weight excluding hydrogens is 332 g/mol. The van der Waals surface area contributed by atoms with E-state index in [4.69, 9.17) is 9.47 Å². The molecule has 136 valence electrons. The molecule has 1 N–H and O–H groups in total. The molecule has 0 bridgehead atoms. The Morgan fingerprint density at radius 1 is 1.08 bits per heavy atom. The molecule has 6 nitrogen and oxygen atoms in total. The molecule has 0 aromatic heterocycles. The fraction of sp³-hybridized carbons (Fsp3) is 0.250. The Bertz CT molecular complexity index is 727. The van der Waals surface area contributed by atoms with E-state index in [2.05, 4.69) is 10.5 Å². The first-order valence-corrected chi connectivity index (χ1v) is 8.41. The zero-order chi connectivity index (χ0) is 18.6. The minimum Gasteiger partial charge on any atom is -0.482 e. The summed E-state index contributed by atoms with van der Waals surface area (Å²) in [5.74, 6) is 0.0120. The molecule has 26 heavy (non-hydrogen) atoms. The van der Waals surface area contributed by atoms with Gasteiger partial charge in [0.25, 0.3) is 0 Å². The summed E-state index contributed by atoms with van der Waals surface area (Å²) in [6, 6.07) is 16.8. The molecule has 2 aromatic rings. The molecule has 1 amide bonds. The van der Waals surface area contributed by atoms with Gasteiger partial charge in [-0.05, 0) is 48.7 Å². The highest BCUT2D eigenvalue weighted by Crippen LogP contribution is 2.11. The lowest BCUT2D eigenvalue weighted by molar-refractivity contribution is -0.145. The van der Waals surface area contributed by atoms with Crippen LogP contribution in [0.15, 0.2) is 59.7 Å². The van der Waals surface area contributed by atoms with Crippen molar-refractivity contribution in [3.05, 3.63) is 65.7 Å². The Balaban J connectivity index is 1.72. The van der Waals surface area contributed by atoms with Gasteiger partial charge in [-0.15, -0.1) is 0 Å². The Kier molecular flexibility index (Phi) is 7.86. The number of carbonyl (C=O) groups is 2. The van der Waals surface area contributed by atoms with E-state index in [0.29, 0.717) is 25.2 Å². The molecule has 0 aliphatic heterocycles. The number of carbonyl (C=O) groups excluding carboxylic acids is 2. The lowest BCUT2D eigenvalue weighted by atomic mass is 10.1. The van der Waals surface area contributed by atoms with Gasteiger partial charge in [0.2, 0.25) is 5.91 Å². The van der Waals surface area contributed by atoms with Gasteiger partial charge >= 0.3 is 5.97 Å². The van der Waals surface area contributed by atoms with Crippen LogP contribution in [0.5, 0.6) is 5.75 Å². The standard InChI is InChI=1S/C20H22N2O4/c1-2-25-20(24)15-26-18-11-8-17(9-12-18)14-21-22-19(23)13-10-16-6-4-3-5-7-16/h3-9,11-12,14H,2,10,13,15H2,1H3,(H,22,23)/b21-14-. The summed E-state index contributed by atoms with van der Waals surface area (Å²) >= 11 is 0. The van der Waals surface area contributed by atoms with Crippen molar-refractivity contribution in [3.8, 4) is 5.75 Å². The van der Waals surface area contributed by atoms with Gasteiger partial charge in [0, 0.05) is 6.42 Å². The van der Waals surface area contributed by atoms with Crippen molar-refractivity contribution in [2.24, 2.45) is 5.10 Å². The molecular formula is C20H22N2O4. The van der Waals surface area contributed by atoms with Gasteiger partial charge in [-0.2, -0.15) is 5.10 Å². The Hall–Kier alpha value is -3.15. The number of nitrogens with one attached hydrogen (secondary N) is 1. The molecule has 0 aliphatic rings. The predicted octanol–water partition coefficient (Wildman–Crippen LogP) is 2.71. The quantitative estimate of drug-likeness (QED) is 0.427. The van der Waals surface area contributed by atoms with Gasteiger partial charge in [-0.25, -0.2) is 10.2 Å². The van der Waals surface area contributed by atoms with Crippen molar-refractivity contribution in [1.29, 1.82) is 0 Å². The summed E-state index contributed by atoms with van der Waals surface area (Å²) in [4.78, 5) is 23.0. The van der Waals surface area contributed by atoms with Crippen molar-refractivity contribution >= 4 is 18.1 Å². The largest absolute Gasteiger partial charge is 0.482 e. The van der Waals surface area contributed by atoms with Crippen molar-refractivity contribution in [3.63, 3.8) is 0 Å². The topological polar surface area (TPSA) is 77.0 Å². The van der Waals surface area contributed by atoms with E-state index in [9.17, 15) is 9.59 Å². The summed E-state index contributed by atoms with van der Waals surface area (Å²) in [6.07, 6.45) is 2.60. The molecule has 0 spiro atoms. The van der Waals surface area contributed by atoms with E-state index in [1.165, 1.54) is 0 Å². The average molecular weight is 354 g/mol. The summed E-state index contributed by atoms with van der Waals surface area (Å²) in [5, 5.41) is 3.94. The fourth-order valence-corrected chi connectivity index (χ4v) is 2.13. The summed E-state index contributed by atoms with van der Waals surface area (Å²) < 4.78 is 10.1. The molecule has 0 aliphatic carbocycles. The van der Waals surface area contributed by atoms with Gasteiger partial charge < -0.3 is 9.47 Å². The van der Waals surface area contributed by atoms with E-state index in [1.54, 1.807) is 37.4 Å². The number of benzene rings is 2. The Morgan fingerprint density at radius 2 is 1.81 bits per heavy atom. The number of hydrogen-bond acceptors (Lipinski definition) is 5. The number of rotatable bonds is 9. The number of nitrogens with zero attached hydrogens (tertiary/aromatic N) is 1. The van der Waals surface area contributed by atoms with E-state index in [0.717, 1.165) is 11.1 Å². The Morgan fingerprint density at radius 3 is 2.50 bits per heavy atom. The van der Waals surface area contributed by atoms with Crippen LogP contribution in [0.25, 0.3) is 0 Å². The number of amides is 1. The van der Waals surface area contributed by atoms with Crippen LogP contribution in [0.4, 0.5) is 0 Å². The highest BCUT2D eigenvalue weighted by molar-refractivity contribution is 5.82. The molecule has 0 saturated carbocycles. The molecule has 2 rings (SSSR count). The molecule has 0 saturated heterocycles. The first kappa shape index (κ1) is 19.2. The average Bonchev–Trinajstić information content (AvgIpc) is 2.67. The minimum atomic E-state index is -0.406. The number of esters is 1. The normalized spacial score (nSPS) is 10.5. The molecule has 0 unspecified atom stereocenters. The second-order valence-corrected chi connectivity index (χ2v) is 5.44.